The minimum atomic E-state index is 0.393. The number of rotatable bonds is 6. The number of hydrogen-bond acceptors (Lipinski definition) is 3. The van der Waals surface area contributed by atoms with Gasteiger partial charge in [0, 0.05) is 44.2 Å². The lowest BCUT2D eigenvalue weighted by Crippen LogP contribution is -2.68. The Bertz CT molecular complexity index is 445. The summed E-state index contributed by atoms with van der Waals surface area (Å²) in [5.74, 6) is 1.11. The Labute approximate surface area is 147 Å². The fourth-order valence-corrected chi connectivity index (χ4v) is 5.07. The van der Waals surface area contributed by atoms with Crippen molar-refractivity contribution in [3.8, 4) is 0 Å². The number of hydrogen-bond donors (Lipinski definition) is 1. The Morgan fingerprint density at radius 3 is 2.58 bits per heavy atom. The zero-order valence-corrected chi connectivity index (χ0v) is 16.1. The van der Waals surface area contributed by atoms with Crippen molar-refractivity contribution in [3.63, 3.8) is 0 Å². The molecule has 138 valence electrons. The van der Waals surface area contributed by atoms with Crippen molar-refractivity contribution >= 4 is 5.96 Å². The van der Waals surface area contributed by atoms with E-state index in [0.29, 0.717) is 23.6 Å². The van der Waals surface area contributed by atoms with Crippen molar-refractivity contribution in [3.05, 3.63) is 0 Å². The molecule has 3 unspecified atom stereocenters. The van der Waals surface area contributed by atoms with Crippen LogP contribution in [-0.2, 0) is 4.74 Å². The topological polar surface area (TPSA) is 40.1 Å². The van der Waals surface area contributed by atoms with Crippen LogP contribution in [0.3, 0.4) is 0 Å². The largest absolute Gasteiger partial charge is 0.378 e. The van der Waals surface area contributed by atoms with E-state index in [0.717, 1.165) is 45.2 Å². The minimum Gasteiger partial charge on any atom is -0.378 e. The molecule has 2 saturated carbocycles. The van der Waals surface area contributed by atoms with Gasteiger partial charge in [0.25, 0.3) is 0 Å². The van der Waals surface area contributed by atoms with Gasteiger partial charge in [0.1, 0.15) is 0 Å². The molecule has 3 atom stereocenters. The summed E-state index contributed by atoms with van der Waals surface area (Å²) in [6.07, 6.45) is 6.84. The van der Waals surface area contributed by atoms with Gasteiger partial charge >= 0.3 is 0 Å². The van der Waals surface area contributed by atoms with Crippen LogP contribution in [0.1, 0.15) is 52.9 Å². The standard InChI is InChI=1S/C19H36N4O/c1-5-22(6-2)15-9-12-23(14-15)18(20-4)21-16-13-17(24-7-3)19(16)10-8-11-19/h15-17H,5-14H2,1-4H3,(H,20,21). The van der Waals surface area contributed by atoms with E-state index in [9.17, 15) is 0 Å². The van der Waals surface area contributed by atoms with Gasteiger partial charge < -0.3 is 15.0 Å². The minimum absolute atomic E-state index is 0.393. The zero-order chi connectivity index (χ0) is 17.2. The fourth-order valence-electron chi connectivity index (χ4n) is 5.07. The van der Waals surface area contributed by atoms with Crippen LogP contribution in [0, 0.1) is 5.41 Å². The first-order valence-electron chi connectivity index (χ1n) is 10.0. The van der Waals surface area contributed by atoms with E-state index in [1.807, 2.05) is 7.05 Å². The molecule has 1 saturated heterocycles. The number of nitrogens with zero attached hydrogens (tertiary/aromatic N) is 3. The smallest absolute Gasteiger partial charge is 0.193 e. The lowest BCUT2D eigenvalue weighted by atomic mass is 9.51. The summed E-state index contributed by atoms with van der Waals surface area (Å²) in [4.78, 5) is 9.64. The summed E-state index contributed by atoms with van der Waals surface area (Å²) >= 11 is 0. The monoisotopic (exact) mass is 336 g/mol. The van der Waals surface area contributed by atoms with Gasteiger partial charge in [-0.15, -0.1) is 0 Å². The Morgan fingerprint density at radius 1 is 1.29 bits per heavy atom. The van der Waals surface area contributed by atoms with Gasteiger partial charge in [-0.1, -0.05) is 20.3 Å². The summed E-state index contributed by atoms with van der Waals surface area (Å²) in [5, 5.41) is 3.80. The number of aliphatic imine (C=N–C) groups is 1. The molecular weight excluding hydrogens is 300 g/mol. The highest BCUT2D eigenvalue weighted by atomic mass is 16.5. The van der Waals surface area contributed by atoms with E-state index in [2.05, 4.69) is 40.9 Å². The van der Waals surface area contributed by atoms with Gasteiger partial charge in [0.15, 0.2) is 5.96 Å². The van der Waals surface area contributed by atoms with E-state index < -0.39 is 0 Å². The number of ether oxygens (including phenoxy) is 1. The average Bonchev–Trinajstić information content (AvgIpc) is 2.99. The molecule has 0 radical (unpaired) electrons. The van der Waals surface area contributed by atoms with Crippen LogP contribution in [0.2, 0.25) is 0 Å². The molecule has 0 aromatic carbocycles. The van der Waals surface area contributed by atoms with Gasteiger partial charge in [-0.05, 0) is 45.7 Å². The van der Waals surface area contributed by atoms with Crippen molar-refractivity contribution in [2.45, 2.75) is 71.1 Å². The summed E-state index contributed by atoms with van der Waals surface area (Å²) in [6.45, 7) is 12.0. The molecular formula is C19H36N4O. The molecule has 0 aromatic rings. The first-order valence-corrected chi connectivity index (χ1v) is 10.0. The molecule has 3 aliphatic rings. The molecule has 2 aliphatic carbocycles. The van der Waals surface area contributed by atoms with Crippen LogP contribution in [0.5, 0.6) is 0 Å². The van der Waals surface area contributed by atoms with Gasteiger partial charge in [-0.25, -0.2) is 0 Å². The third-order valence-electron chi connectivity index (χ3n) is 6.74. The van der Waals surface area contributed by atoms with Crippen LogP contribution in [0.4, 0.5) is 0 Å². The van der Waals surface area contributed by atoms with Crippen LogP contribution in [-0.4, -0.2) is 73.8 Å². The average molecular weight is 337 g/mol. The quantitative estimate of drug-likeness (QED) is 0.597. The summed E-state index contributed by atoms with van der Waals surface area (Å²) < 4.78 is 5.98. The molecule has 0 amide bonds. The van der Waals surface area contributed by atoms with Crippen LogP contribution < -0.4 is 5.32 Å². The summed E-state index contributed by atoms with van der Waals surface area (Å²) in [6, 6.07) is 1.22. The van der Waals surface area contributed by atoms with E-state index in [1.165, 1.54) is 25.7 Å². The molecule has 1 aliphatic heterocycles. The Hall–Kier alpha value is -0.810. The van der Waals surface area contributed by atoms with Gasteiger partial charge in [-0.3, -0.25) is 9.89 Å². The molecule has 3 fully saturated rings. The fraction of sp³-hybridized carbons (Fsp3) is 0.947. The van der Waals surface area contributed by atoms with E-state index in [-0.39, 0.29) is 0 Å². The number of guanidine groups is 1. The SMILES string of the molecule is CCOC1CC(NC(=NC)N2CCC(N(CC)CC)C2)C12CCC2. The van der Waals surface area contributed by atoms with Crippen molar-refractivity contribution in [1.29, 1.82) is 0 Å². The number of likely N-dealkylation sites (N-methyl/N-ethyl adjacent to an activating group) is 1. The van der Waals surface area contributed by atoms with Crippen molar-refractivity contribution < 1.29 is 4.74 Å². The Kier molecular flexibility index (Phi) is 5.70. The number of nitrogens with one attached hydrogen (secondary N) is 1. The molecule has 5 heteroatoms. The third kappa shape index (κ3) is 3.05. The second-order valence-corrected chi connectivity index (χ2v) is 7.62. The molecule has 1 heterocycles. The predicted octanol–water partition coefficient (Wildman–Crippen LogP) is 2.33. The molecule has 1 N–H and O–H groups in total. The van der Waals surface area contributed by atoms with Crippen molar-refractivity contribution in [1.82, 2.24) is 15.1 Å². The number of likely N-dealkylation sites (tertiary alicyclic amines) is 1. The zero-order valence-electron chi connectivity index (χ0n) is 16.1. The molecule has 3 rings (SSSR count). The van der Waals surface area contributed by atoms with Crippen LogP contribution >= 0.6 is 0 Å². The molecule has 1 spiro atoms. The first-order chi connectivity index (χ1) is 11.7. The maximum absolute atomic E-state index is 5.98. The Morgan fingerprint density at radius 2 is 2.04 bits per heavy atom. The first kappa shape index (κ1) is 18.0. The molecule has 5 nitrogen and oxygen atoms in total. The lowest BCUT2D eigenvalue weighted by molar-refractivity contribution is -0.168. The van der Waals surface area contributed by atoms with Crippen molar-refractivity contribution in [2.75, 3.05) is 39.8 Å². The van der Waals surface area contributed by atoms with E-state index >= 15 is 0 Å². The second kappa shape index (κ2) is 7.61. The van der Waals surface area contributed by atoms with Crippen molar-refractivity contribution in [2.24, 2.45) is 10.4 Å². The Balaban J connectivity index is 1.57. The molecule has 0 aromatic heterocycles. The van der Waals surface area contributed by atoms with Gasteiger partial charge in [-0.2, -0.15) is 0 Å². The predicted molar refractivity (Wildman–Crippen MR) is 99.5 cm³/mol. The highest BCUT2D eigenvalue weighted by Gasteiger charge is 2.59. The maximum atomic E-state index is 5.98. The highest BCUT2D eigenvalue weighted by molar-refractivity contribution is 5.80. The van der Waals surface area contributed by atoms with Gasteiger partial charge in [0.2, 0.25) is 0 Å². The second-order valence-electron chi connectivity index (χ2n) is 7.62. The summed E-state index contributed by atoms with van der Waals surface area (Å²) in [5.41, 5.74) is 0.393. The summed E-state index contributed by atoms with van der Waals surface area (Å²) in [7, 11) is 1.93. The lowest BCUT2D eigenvalue weighted by Gasteiger charge is -2.61. The van der Waals surface area contributed by atoms with E-state index in [1.54, 1.807) is 0 Å². The molecule has 0 bridgehead atoms. The van der Waals surface area contributed by atoms with Gasteiger partial charge in [0.05, 0.1) is 6.10 Å². The maximum Gasteiger partial charge on any atom is 0.193 e. The third-order valence-corrected chi connectivity index (χ3v) is 6.74. The van der Waals surface area contributed by atoms with E-state index in [4.69, 9.17) is 4.74 Å². The normalized spacial score (nSPS) is 32.1. The molecule has 24 heavy (non-hydrogen) atoms. The van der Waals surface area contributed by atoms with Crippen LogP contribution in [0.15, 0.2) is 4.99 Å². The highest BCUT2D eigenvalue weighted by Crippen LogP contribution is 2.57. The van der Waals surface area contributed by atoms with Crippen LogP contribution in [0.25, 0.3) is 0 Å².